The molecule has 2 nitrogen and oxygen atoms in total. The van der Waals surface area contributed by atoms with Crippen molar-refractivity contribution in [3.8, 4) is 5.75 Å². The van der Waals surface area contributed by atoms with Crippen LogP contribution in [0.25, 0.3) is 0 Å². The van der Waals surface area contributed by atoms with Gasteiger partial charge in [-0.2, -0.15) is 11.3 Å². The number of hydrogen-bond acceptors (Lipinski definition) is 3. The van der Waals surface area contributed by atoms with E-state index >= 15 is 0 Å². The number of ether oxygens (including phenoxy) is 1. The van der Waals surface area contributed by atoms with Gasteiger partial charge in [0.05, 0.1) is 0 Å². The van der Waals surface area contributed by atoms with Gasteiger partial charge in [0.1, 0.15) is 12.4 Å². The van der Waals surface area contributed by atoms with E-state index in [0.29, 0.717) is 11.6 Å². The molecule has 0 aliphatic heterocycles. The van der Waals surface area contributed by atoms with Crippen molar-refractivity contribution in [2.75, 3.05) is 6.61 Å². The maximum Gasteiger partial charge on any atom is 0.119 e. The molecular weight excluding hydrogens is 254 g/mol. The Morgan fingerprint density at radius 1 is 1.24 bits per heavy atom. The van der Waals surface area contributed by atoms with Gasteiger partial charge in [0.15, 0.2) is 0 Å². The van der Waals surface area contributed by atoms with Crippen LogP contribution < -0.4 is 10.5 Å². The fourth-order valence-electron chi connectivity index (χ4n) is 1.50. The van der Waals surface area contributed by atoms with Gasteiger partial charge in [-0.25, -0.2) is 0 Å². The van der Waals surface area contributed by atoms with Crippen LogP contribution in [0.2, 0.25) is 5.02 Å². The van der Waals surface area contributed by atoms with E-state index < -0.39 is 0 Å². The van der Waals surface area contributed by atoms with E-state index in [-0.39, 0.29) is 6.04 Å². The molecule has 0 saturated heterocycles. The molecule has 1 unspecified atom stereocenters. The average molecular weight is 268 g/mol. The Kier molecular flexibility index (Phi) is 4.42. The number of benzene rings is 1. The van der Waals surface area contributed by atoms with Crippen LogP contribution in [0, 0.1) is 0 Å². The first-order valence-corrected chi connectivity index (χ1v) is 6.71. The van der Waals surface area contributed by atoms with E-state index in [1.807, 2.05) is 12.1 Å². The quantitative estimate of drug-likeness (QED) is 0.902. The normalized spacial score (nSPS) is 12.4. The topological polar surface area (TPSA) is 35.2 Å². The van der Waals surface area contributed by atoms with E-state index in [1.165, 1.54) is 5.56 Å². The summed E-state index contributed by atoms with van der Waals surface area (Å²) in [4.78, 5) is 0. The standard InChI is InChI=1S/C13H14ClNOS/c14-11-1-3-13(4-2-11)16-8-12(15)7-10-5-6-17-9-10/h1-6,9,12H,7-8,15H2. The molecule has 0 aliphatic carbocycles. The first-order chi connectivity index (χ1) is 8.24. The van der Waals surface area contributed by atoms with Crippen molar-refractivity contribution in [1.29, 1.82) is 0 Å². The molecular formula is C13H14ClNOS. The second-order valence-corrected chi connectivity index (χ2v) is 5.08. The zero-order valence-corrected chi connectivity index (χ0v) is 10.9. The molecule has 1 aromatic heterocycles. The maximum atomic E-state index is 6.00. The van der Waals surface area contributed by atoms with Gasteiger partial charge in [0, 0.05) is 11.1 Å². The van der Waals surface area contributed by atoms with Gasteiger partial charge < -0.3 is 10.5 Å². The second-order valence-electron chi connectivity index (χ2n) is 3.86. The summed E-state index contributed by atoms with van der Waals surface area (Å²) in [5.41, 5.74) is 7.26. The van der Waals surface area contributed by atoms with Crippen LogP contribution in [0.1, 0.15) is 5.56 Å². The molecule has 2 rings (SSSR count). The van der Waals surface area contributed by atoms with E-state index in [9.17, 15) is 0 Å². The Hall–Kier alpha value is -1.03. The zero-order chi connectivity index (χ0) is 12.1. The minimum Gasteiger partial charge on any atom is -0.492 e. The SMILES string of the molecule is NC(COc1ccc(Cl)cc1)Cc1ccsc1. The van der Waals surface area contributed by atoms with Gasteiger partial charge in [0.25, 0.3) is 0 Å². The third-order valence-corrected chi connectivity index (χ3v) is 3.34. The number of halogens is 1. The highest BCUT2D eigenvalue weighted by Crippen LogP contribution is 2.16. The Balaban J connectivity index is 1.79. The van der Waals surface area contributed by atoms with E-state index in [4.69, 9.17) is 22.1 Å². The van der Waals surface area contributed by atoms with Crippen LogP contribution >= 0.6 is 22.9 Å². The molecule has 2 N–H and O–H groups in total. The first-order valence-electron chi connectivity index (χ1n) is 5.39. The van der Waals surface area contributed by atoms with E-state index in [2.05, 4.69) is 16.8 Å². The van der Waals surface area contributed by atoms with Gasteiger partial charge in [-0.15, -0.1) is 0 Å². The molecule has 2 aromatic rings. The smallest absolute Gasteiger partial charge is 0.119 e. The molecule has 0 radical (unpaired) electrons. The lowest BCUT2D eigenvalue weighted by Crippen LogP contribution is -2.29. The summed E-state index contributed by atoms with van der Waals surface area (Å²) in [6, 6.07) is 9.41. The third-order valence-electron chi connectivity index (χ3n) is 2.36. The molecule has 0 fully saturated rings. The third kappa shape index (κ3) is 4.04. The monoisotopic (exact) mass is 267 g/mol. The van der Waals surface area contributed by atoms with Gasteiger partial charge in [-0.3, -0.25) is 0 Å². The summed E-state index contributed by atoms with van der Waals surface area (Å²) in [5, 5.41) is 4.88. The molecule has 0 spiro atoms. The Morgan fingerprint density at radius 3 is 2.65 bits per heavy atom. The Morgan fingerprint density at radius 2 is 2.00 bits per heavy atom. The molecule has 1 atom stereocenters. The van der Waals surface area contributed by atoms with Crippen molar-refractivity contribution >= 4 is 22.9 Å². The first kappa shape index (κ1) is 12.4. The maximum absolute atomic E-state index is 6.00. The number of hydrogen-bond donors (Lipinski definition) is 1. The van der Waals surface area contributed by atoms with Crippen LogP contribution in [0.5, 0.6) is 5.75 Å². The molecule has 4 heteroatoms. The fraction of sp³-hybridized carbons (Fsp3) is 0.231. The van der Waals surface area contributed by atoms with E-state index in [0.717, 1.165) is 12.2 Å². The lowest BCUT2D eigenvalue weighted by Gasteiger charge is -2.12. The lowest BCUT2D eigenvalue weighted by atomic mass is 10.1. The predicted octanol–water partition coefficient (Wildman–Crippen LogP) is 3.35. The summed E-state index contributed by atoms with van der Waals surface area (Å²) in [6.45, 7) is 0.511. The van der Waals surface area contributed by atoms with Crippen molar-refractivity contribution in [3.05, 3.63) is 51.7 Å². The number of thiophene rings is 1. The molecule has 90 valence electrons. The van der Waals surface area contributed by atoms with Crippen LogP contribution in [0.4, 0.5) is 0 Å². The average Bonchev–Trinajstić information content (AvgIpc) is 2.81. The molecule has 1 aromatic carbocycles. The van der Waals surface area contributed by atoms with Crippen molar-refractivity contribution in [3.63, 3.8) is 0 Å². The summed E-state index contributed by atoms with van der Waals surface area (Å²) >= 11 is 7.48. The Bertz CT molecular complexity index is 441. The number of rotatable bonds is 5. The van der Waals surface area contributed by atoms with Gasteiger partial charge >= 0.3 is 0 Å². The van der Waals surface area contributed by atoms with Crippen LogP contribution in [0.3, 0.4) is 0 Å². The van der Waals surface area contributed by atoms with E-state index in [1.54, 1.807) is 23.5 Å². The molecule has 0 amide bonds. The minimum atomic E-state index is 0.0141. The highest BCUT2D eigenvalue weighted by atomic mass is 35.5. The summed E-state index contributed by atoms with van der Waals surface area (Å²) in [6.07, 6.45) is 0.844. The lowest BCUT2D eigenvalue weighted by molar-refractivity contribution is 0.287. The highest BCUT2D eigenvalue weighted by molar-refractivity contribution is 7.07. The Labute approximate surface area is 110 Å². The molecule has 0 saturated carbocycles. The zero-order valence-electron chi connectivity index (χ0n) is 9.30. The van der Waals surface area contributed by atoms with Crippen molar-refractivity contribution in [1.82, 2.24) is 0 Å². The largest absolute Gasteiger partial charge is 0.492 e. The molecule has 0 bridgehead atoms. The minimum absolute atomic E-state index is 0.0141. The van der Waals surface area contributed by atoms with Crippen molar-refractivity contribution in [2.45, 2.75) is 12.5 Å². The van der Waals surface area contributed by atoms with Gasteiger partial charge in [0.2, 0.25) is 0 Å². The molecule has 17 heavy (non-hydrogen) atoms. The van der Waals surface area contributed by atoms with Crippen molar-refractivity contribution < 1.29 is 4.74 Å². The van der Waals surface area contributed by atoms with Gasteiger partial charge in [-0.05, 0) is 53.1 Å². The summed E-state index contributed by atoms with van der Waals surface area (Å²) < 4.78 is 5.59. The van der Waals surface area contributed by atoms with Crippen molar-refractivity contribution in [2.24, 2.45) is 5.73 Å². The summed E-state index contributed by atoms with van der Waals surface area (Å²) in [5.74, 6) is 0.801. The predicted molar refractivity (Wildman–Crippen MR) is 72.9 cm³/mol. The van der Waals surface area contributed by atoms with Crippen LogP contribution in [0.15, 0.2) is 41.1 Å². The van der Waals surface area contributed by atoms with Gasteiger partial charge in [-0.1, -0.05) is 11.6 Å². The summed E-state index contributed by atoms with van der Waals surface area (Å²) in [7, 11) is 0. The molecule has 1 heterocycles. The van der Waals surface area contributed by atoms with Crippen LogP contribution in [-0.2, 0) is 6.42 Å². The van der Waals surface area contributed by atoms with Crippen LogP contribution in [-0.4, -0.2) is 12.6 Å². The second kappa shape index (κ2) is 6.05. The fourth-order valence-corrected chi connectivity index (χ4v) is 2.31. The molecule has 0 aliphatic rings. The number of nitrogens with two attached hydrogens (primary N) is 1. The highest BCUT2D eigenvalue weighted by Gasteiger charge is 2.05.